The molecule has 4 aromatic rings. The van der Waals surface area contributed by atoms with E-state index in [1.165, 1.54) is 47.6 Å². The fourth-order valence-corrected chi connectivity index (χ4v) is 5.51. The summed E-state index contributed by atoms with van der Waals surface area (Å²) in [5.74, 6) is 2.65. The second kappa shape index (κ2) is 10.7. The molecule has 4 heteroatoms. The first kappa shape index (κ1) is 23.7. The van der Waals surface area contributed by atoms with Gasteiger partial charge in [-0.2, -0.15) is 4.98 Å². The third kappa shape index (κ3) is 5.65. The van der Waals surface area contributed by atoms with Gasteiger partial charge in [0.2, 0.25) is 11.7 Å². The molecule has 0 bridgehead atoms. The van der Waals surface area contributed by atoms with Gasteiger partial charge in [-0.1, -0.05) is 92.2 Å². The number of aromatic nitrogens is 2. The molecule has 0 radical (unpaired) electrons. The Labute approximate surface area is 209 Å². The molecule has 1 aromatic heterocycles. The molecule has 1 aliphatic carbocycles. The number of nitrogens with one attached hydrogen (secondary N) is 1. The predicted octanol–water partition coefficient (Wildman–Crippen LogP) is 7.86. The molecular weight excluding hydrogens is 430 g/mol. The van der Waals surface area contributed by atoms with Crippen molar-refractivity contribution >= 4 is 10.8 Å². The number of benzene rings is 3. The van der Waals surface area contributed by atoms with Crippen molar-refractivity contribution in [2.24, 2.45) is 5.92 Å². The van der Waals surface area contributed by atoms with Crippen LogP contribution in [0.3, 0.4) is 0 Å². The molecule has 5 rings (SSSR count). The quantitative estimate of drug-likeness (QED) is 0.287. The number of aryl methyl sites for hydroxylation is 1. The van der Waals surface area contributed by atoms with Crippen LogP contribution in [0.5, 0.6) is 0 Å². The molecule has 0 spiro atoms. The van der Waals surface area contributed by atoms with E-state index in [9.17, 15) is 0 Å². The van der Waals surface area contributed by atoms with Crippen molar-refractivity contribution < 1.29 is 4.52 Å². The molecule has 3 aromatic carbocycles. The Balaban J connectivity index is 1.23. The molecule has 0 unspecified atom stereocenters. The standard InChI is InChI=1S/C31H37N3O/c1-21(2)14-19-30-33-31(34-35-30)25-17-15-23(16-18-25)26-10-6-11-27(20-26)32-22(3)28-13-7-9-24-8-4-5-12-29(24)28/h4-5,7-9,12-13,15-18,21-22,26-27,32H,6,10-11,14,19-20H2,1-3H3/t22-,26+,27+/m1/s1. The van der Waals surface area contributed by atoms with Gasteiger partial charge < -0.3 is 9.84 Å². The monoisotopic (exact) mass is 467 g/mol. The number of nitrogens with zero attached hydrogens (tertiary/aromatic N) is 2. The molecule has 1 heterocycles. The third-order valence-corrected chi connectivity index (χ3v) is 7.49. The Bertz CT molecular complexity index is 1240. The zero-order valence-electron chi connectivity index (χ0n) is 21.2. The van der Waals surface area contributed by atoms with Crippen LogP contribution in [0.4, 0.5) is 0 Å². The van der Waals surface area contributed by atoms with Crippen LogP contribution in [0, 0.1) is 5.92 Å². The Morgan fingerprint density at radius 1 is 0.943 bits per heavy atom. The van der Waals surface area contributed by atoms with Gasteiger partial charge in [-0.3, -0.25) is 0 Å². The highest BCUT2D eigenvalue weighted by molar-refractivity contribution is 5.86. The highest BCUT2D eigenvalue weighted by Gasteiger charge is 2.25. The Morgan fingerprint density at radius 2 is 1.74 bits per heavy atom. The lowest BCUT2D eigenvalue weighted by atomic mass is 9.80. The van der Waals surface area contributed by atoms with Gasteiger partial charge in [0.25, 0.3) is 0 Å². The van der Waals surface area contributed by atoms with Gasteiger partial charge >= 0.3 is 0 Å². The fourth-order valence-electron chi connectivity index (χ4n) is 5.51. The lowest BCUT2D eigenvalue weighted by Gasteiger charge is -2.32. The van der Waals surface area contributed by atoms with Crippen LogP contribution in [-0.4, -0.2) is 16.2 Å². The minimum atomic E-state index is 0.329. The highest BCUT2D eigenvalue weighted by Crippen LogP contribution is 2.35. The van der Waals surface area contributed by atoms with E-state index in [4.69, 9.17) is 4.52 Å². The summed E-state index contributed by atoms with van der Waals surface area (Å²) < 4.78 is 5.46. The molecule has 0 amide bonds. The normalized spacial score (nSPS) is 19.3. The van der Waals surface area contributed by atoms with Crippen LogP contribution in [0.1, 0.15) is 81.9 Å². The average Bonchev–Trinajstić information content (AvgIpc) is 3.36. The van der Waals surface area contributed by atoms with E-state index in [1.807, 2.05) is 0 Å². The van der Waals surface area contributed by atoms with Gasteiger partial charge in [-0.05, 0) is 66.3 Å². The topological polar surface area (TPSA) is 51.0 Å². The van der Waals surface area contributed by atoms with Crippen molar-refractivity contribution in [3.8, 4) is 11.4 Å². The number of hydrogen-bond acceptors (Lipinski definition) is 4. The SMILES string of the molecule is CC(C)CCc1nc(-c2ccc([C@H]3CCC[C@H](N[C@H](C)c4cccc5ccccc45)C3)cc2)no1. The molecule has 0 saturated heterocycles. The van der Waals surface area contributed by atoms with Gasteiger partial charge in [-0.25, -0.2) is 0 Å². The predicted molar refractivity (Wildman–Crippen MR) is 143 cm³/mol. The van der Waals surface area contributed by atoms with Crippen LogP contribution >= 0.6 is 0 Å². The first-order valence-electron chi connectivity index (χ1n) is 13.2. The number of hydrogen-bond donors (Lipinski definition) is 1. The molecule has 3 atom stereocenters. The van der Waals surface area contributed by atoms with Crippen LogP contribution in [-0.2, 0) is 6.42 Å². The molecule has 182 valence electrons. The van der Waals surface area contributed by atoms with Crippen molar-refractivity contribution in [1.82, 2.24) is 15.5 Å². The summed E-state index contributed by atoms with van der Waals surface area (Å²) in [7, 11) is 0. The maximum atomic E-state index is 5.46. The summed E-state index contributed by atoms with van der Waals surface area (Å²) in [6.45, 7) is 6.73. The summed E-state index contributed by atoms with van der Waals surface area (Å²) in [5, 5.41) is 10.8. The van der Waals surface area contributed by atoms with Crippen LogP contribution in [0.2, 0.25) is 0 Å². The van der Waals surface area contributed by atoms with E-state index < -0.39 is 0 Å². The average molecular weight is 468 g/mol. The summed E-state index contributed by atoms with van der Waals surface area (Å²) in [6, 6.07) is 25.0. The van der Waals surface area contributed by atoms with E-state index in [2.05, 4.69) is 103 Å². The molecule has 4 nitrogen and oxygen atoms in total. The van der Waals surface area contributed by atoms with Crippen LogP contribution in [0.25, 0.3) is 22.2 Å². The molecular formula is C31H37N3O. The van der Waals surface area contributed by atoms with E-state index in [0.29, 0.717) is 29.7 Å². The maximum Gasteiger partial charge on any atom is 0.226 e. The Kier molecular flexibility index (Phi) is 7.29. The fraction of sp³-hybridized carbons (Fsp3) is 0.419. The van der Waals surface area contributed by atoms with Crippen molar-refractivity contribution in [3.05, 3.63) is 83.7 Å². The summed E-state index contributed by atoms with van der Waals surface area (Å²) in [5.41, 5.74) is 3.84. The largest absolute Gasteiger partial charge is 0.339 e. The summed E-state index contributed by atoms with van der Waals surface area (Å²) >= 11 is 0. The molecule has 1 saturated carbocycles. The molecule has 1 aliphatic rings. The zero-order valence-corrected chi connectivity index (χ0v) is 21.2. The van der Waals surface area contributed by atoms with Gasteiger partial charge in [0, 0.05) is 24.1 Å². The smallest absolute Gasteiger partial charge is 0.226 e. The zero-order chi connectivity index (χ0) is 24.2. The minimum absolute atomic E-state index is 0.329. The lowest BCUT2D eigenvalue weighted by Crippen LogP contribution is -2.35. The number of fused-ring (bicyclic) bond motifs is 1. The minimum Gasteiger partial charge on any atom is -0.339 e. The van der Waals surface area contributed by atoms with Gasteiger partial charge in [0.15, 0.2) is 0 Å². The third-order valence-electron chi connectivity index (χ3n) is 7.49. The molecule has 35 heavy (non-hydrogen) atoms. The first-order valence-corrected chi connectivity index (χ1v) is 13.2. The summed E-state index contributed by atoms with van der Waals surface area (Å²) in [6.07, 6.45) is 6.84. The molecule has 0 aliphatic heterocycles. The van der Waals surface area contributed by atoms with Gasteiger partial charge in [0.05, 0.1) is 0 Å². The van der Waals surface area contributed by atoms with E-state index in [-0.39, 0.29) is 0 Å². The Hall–Kier alpha value is -2.98. The van der Waals surface area contributed by atoms with Gasteiger partial charge in [0.1, 0.15) is 0 Å². The first-order chi connectivity index (χ1) is 17.1. The van der Waals surface area contributed by atoms with Crippen molar-refractivity contribution in [2.75, 3.05) is 0 Å². The van der Waals surface area contributed by atoms with E-state index in [0.717, 1.165) is 24.3 Å². The molecule has 1 fully saturated rings. The second-order valence-corrected chi connectivity index (χ2v) is 10.6. The second-order valence-electron chi connectivity index (χ2n) is 10.6. The lowest BCUT2D eigenvalue weighted by molar-refractivity contribution is 0.319. The Morgan fingerprint density at radius 3 is 2.57 bits per heavy atom. The van der Waals surface area contributed by atoms with Crippen molar-refractivity contribution in [2.45, 2.75) is 77.3 Å². The number of rotatable bonds is 8. The van der Waals surface area contributed by atoms with Crippen molar-refractivity contribution in [3.63, 3.8) is 0 Å². The van der Waals surface area contributed by atoms with E-state index >= 15 is 0 Å². The maximum absolute atomic E-state index is 5.46. The molecule has 1 N–H and O–H groups in total. The van der Waals surface area contributed by atoms with Crippen LogP contribution in [0.15, 0.2) is 71.3 Å². The summed E-state index contributed by atoms with van der Waals surface area (Å²) in [4.78, 5) is 4.60. The van der Waals surface area contributed by atoms with Gasteiger partial charge in [-0.15, -0.1) is 0 Å². The van der Waals surface area contributed by atoms with Crippen LogP contribution < -0.4 is 5.32 Å². The highest BCUT2D eigenvalue weighted by atomic mass is 16.5. The van der Waals surface area contributed by atoms with Crippen molar-refractivity contribution in [1.29, 1.82) is 0 Å². The van der Waals surface area contributed by atoms with E-state index in [1.54, 1.807) is 0 Å².